The molecule has 0 unspecified atom stereocenters. The number of nitrogens with one attached hydrogen (secondary N) is 1. The van der Waals surface area contributed by atoms with Crippen molar-refractivity contribution in [1.29, 1.82) is 0 Å². The summed E-state index contributed by atoms with van der Waals surface area (Å²) in [4.78, 5) is 5.13. The normalized spacial score (nSPS) is 11.5. The molecule has 0 aliphatic rings. The van der Waals surface area contributed by atoms with Crippen molar-refractivity contribution < 1.29 is 8.42 Å². The summed E-state index contributed by atoms with van der Waals surface area (Å²) in [6.45, 7) is 3.80. The third-order valence-electron chi connectivity index (χ3n) is 2.53. The number of aryl methyl sites for hydroxylation is 2. The average Bonchev–Trinajstić information content (AvgIpc) is 2.82. The van der Waals surface area contributed by atoms with Gasteiger partial charge < -0.3 is 0 Å². The van der Waals surface area contributed by atoms with Crippen LogP contribution in [-0.4, -0.2) is 13.4 Å². The smallest absolute Gasteiger partial charge is 0.262 e. The predicted octanol–water partition coefficient (Wildman–Crippen LogP) is 3.58. The molecule has 0 atom stereocenters. The van der Waals surface area contributed by atoms with E-state index in [0.29, 0.717) is 10.0 Å². The van der Waals surface area contributed by atoms with E-state index in [0.717, 1.165) is 21.3 Å². The average molecular weight is 361 g/mol. The van der Waals surface area contributed by atoms with Crippen molar-refractivity contribution in [1.82, 2.24) is 4.98 Å². The molecule has 2 aromatic heterocycles. The molecule has 0 saturated heterocycles. The molecule has 1 N–H and O–H groups in total. The zero-order valence-electron chi connectivity index (χ0n) is 10.5. The zero-order chi connectivity index (χ0) is 14.0. The van der Waals surface area contributed by atoms with Gasteiger partial charge in [0.1, 0.15) is 10.0 Å². The third kappa shape index (κ3) is 3.34. The molecule has 0 aromatic carbocycles. The summed E-state index contributed by atoms with van der Waals surface area (Å²) in [7, 11) is -3.55. The summed E-state index contributed by atoms with van der Waals surface area (Å²) in [5.74, 6) is 0.356. The maximum absolute atomic E-state index is 12.2. The first-order chi connectivity index (χ1) is 8.92. The first kappa shape index (κ1) is 14.5. The van der Waals surface area contributed by atoms with Gasteiger partial charge in [-0.15, -0.1) is 11.3 Å². The SMILES string of the molecule is CCc1ccc(S(=O)(=O)Nc2ncc(Br)cc2C)s1. The van der Waals surface area contributed by atoms with E-state index in [4.69, 9.17) is 0 Å². The molecule has 0 radical (unpaired) electrons. The Morgan fingerprint density at radius 2 is 2.16 bits per heavy atom. The minimum atomic E-state index is -3.55. The molecule has 19 heavy (non-hydrogen) atoms. The van der Waals surface area contributed by atoms with Crippen LogP contribution in [0.1, 0.15) is 17.4 Å². The van der Waals surface area contributed by atoms with E-state index in [1.165, 1.54) is 11.3 Å². The van der Waals surface area contributed by atoms with E-state index >= 15 is 0 Å². The number of hydrogen-bond donors (Lipinski definition) is 1. The topological polar surface area (TPSA) is 59.1 Å². The highest BCUT2D eigenvalue weighted by Gasteiger charge is 2.18. The van der Waals surface area contributed by atoms with Crippen molar-refractivity contribution in [3.8, 4) is 0 Å². The van der Waals surface area contributed by atoms with Crippen molar-refractivity contribution in [2.24, 2.45) is 0 Å². The highest BCUT2D eigenvalue weighted by molar-refractivity contribution is 9.10. The molecule has 2 rings (SSSR count). The number of pyridine rings is 1. The summed E-state index contributed by atoms with van der Waals surface area (Å²) >= 11 is 4.58. The largest absolute Gasteiger partial charge is 0.272 e. The highest BCUT2D eigenvalue weighted by Crippen LogP contribution is 2.25. The fraction of sp³-hybridized carbons (Fsp3) is 0.250. The van der Waals surface area contributed by atoms with E-state index in [1.54, 1.807) is 12.3 Å². The van der Waals surface area contributed by atoms with E-state index in [2.05, 4.69) is 25.6 Å². The Labute approximate surface area is 125 Å². The van der Waals surface area contributed by atoms with Gasteiger partial charge in [-0.3, -0.25) is 4.72 Å². The Morgan fingerprint density at radius 3 is 2.74 bits per heavy atom. The van der Waals surface area contributed by atoms with Gasteiger partial charge in [0, 0.05) is 15.5 Å². The number of hydrogen-bond acceptors (Lipinski definition) is 4. The quantitative estimate of drug-likeness (QED) is 0.906. The van der Waals surface area contributed by atoms with Crippen molar-refractivity contribution in [3.63, 3.8) is 0 Å². The Hall–Kier alpha value is -0.920. The van der Waals surface area contributed by atoms with Gasteiger partial charge in [0.05, 0.1) is 0 Å². The van der Waals surface area contributed by atoms with Crippen LogP contribution < -0.4 is 4.72 Å². The second kappa shape index (κ2) is 5.60. The third-order valence-corrected chi connectivity index (χ3v) is 6.02. The monoisotopic (exact) mass is 360 g/mol. The lowest BCUT2D eigenvalue weighted by molar-refractivity contribution is 0.603. The molecule has 0 bridgehead atoms. The number of nitrogens with zero attached hydrogens (tertiary/aromatic N) is 1. The Balaban J connectivity index is 2.30. The fourth-order valence-corrected chi connectivity index (χ4v) is 4.34. The molecule has 7 heteroatoms. The van der Waals surface area contributed by atoms with E-state index in [-0.39, 0.29) is 0 Å². The summed E-state index contributed by atoms with van der Waals surface area (Å²) in [5.41, 5.74) is 0.769. The maximum atomic E-state index is 12.2. The van der Waals surface area contributed by atoms with Crippen LogP contribution in [0.15, 0.2) is 33.1 Å². The van der Waals surface area contributed by atoms with Gasteiger partial charge in [-0.2, -0.15) is 0 Å². The second-order valence-corrected chi connectivity index (χ2v) is 7.99. The van der Waals surface area contributed by atoms with Crippen molar-refractivity contribution in [3.05, 3.63) is 39.3 Å². The molecule has 102 valence electrons. The number of sulfonamides is 1. The van der Waals surface area contributed by atoms with Crippen LogP contribution in [0.2, 0.25) is 0 Å². The predicted molar refractivity (Wildman–Crippen MR) is 81.2 cm³/mol. The molecule has 2 aromatic rings. The van der Waals surface area contributed by atoms with Crippen molar-refractivity contribution in [2.75, 3.05) is 4.72 Å². The Bertz CT molecular complexity index is 696. The standard InChI is InChI=1S/C12H13BrN2O2S2/c1-3-10-4-5-11(18-10)19(16,17)15-12-8(2)6-9(13)7-14-12/h4-7H,3H2,1-2H3,(H,14,15). The fourth-order valence-electron chi connectivity index (χ4n) is 1.52. The van der Waals surface area contributed by atoms with Crippen molar-refractivity contribution >= 4 is 43.1 Å². The van der Waals surface area contributed by atoms with Gasteiger partial charge in [-0.05, 0) is 53.0 Å². The Morgan fingerprint density at radius 1 is 1.42 bits per heavy atom. The van der Waals surface area contributed by atoms with Crippen LogP contribution in [0.5, 0.6) is 0 Å². The number of thiophene rings is 1. The van der Waals surface area contributed by atoms with Crippen LogP contribution >= 0.6 is 27.3 Å². The maximum Gasteiger partial charge on any atom is 0.272 e. The van der Waals surface area contributed by atoms with Gasteiger partial charge in [0.2, 0.25) is 0 Å². The minimum absolute atomic E-state index is 0.313. The Kier molecular flexibility index (Phi) is 4.27. The van der Waals surface area contributed by atoms with E-state index < -0.39 is 10.0 Å². The van der Waals surface area contributed by atoms with Gasteiger partial charge in [0.25, 0.3) is 10.0 Å². The van der Waals surface area contributed by atoms with Crippen LogP contribution in [0.25, 0.3) is 0 Å². The molecule has 0 amide bonds. The lowest BCUT2D eigenvalue weighted by Crippen LogP contribution is -2.13. The first-order valence-corrected chi connectivity index (χ1v) is 8.75. The lowest BCUT2D eigenvalue weighted by atomic mass is 10.3. The molecule has 0 spiro atoms. The highest BCUT2D eigenvalue weighted by atomic mass is 79.9. The lowest BCUT2D eigenvalue weighted by Gasteiger charge is -2.08. The summed E-state index contributed by atoms with van der Waals surface area (Å²) in [6.07, 6.45) is 2.40. The van der Waals surface area contributed by atoms with Gasteiger partial charge >= 0.3 is 0 Å². The molecule has 4 nitrogen and oxygen atoms in total. The molecule has 0 saturated carbocycles. The number of aromatic nitrogens is 1. The van der Waals surface area contributed by atoms with Crippen molar-refractivity contribution in [2.45, 2.75) is 24.5 Å². The summed E-state index contributed by atoms with van der Waals surface area (Å²) in [5, 5.41) is 0. The van der Waals surface area contributed by atoms with Crippen LogP contribution in [-0.2, 0) is 16.4 Å². The van der Waals surface area contributed by atoms with Crippen LogP contribution in [0, 0.1) is 6.92 Å². The van der Waals surface area contributed by atoms with Gasteiger partial charge in [-0.25, -0.2) is 13.4 Å². The number of rotatable bonds is 4. The number of halogens is 1. The minimum Gasteiger partial charge on any atom is -0.262 e. The summed E-state index contributed by atoms with van der Waals surface area (Å²) < 4.78 is 28.1. The van der Waals surface area contributed by atoms with E-state index in [1.807, 2.05) is 26.0 Å². The molecular formula is C12H13BrN2O2S2. The molecule has 2 heterocycles. The van der Waals surface area contributed by atoms with Gasteiger partial charge in [0.15, 0.2) is 0 Å². The molecule has 0 fully saturated rings. The van der Waals surface area contributed by atoms with Gasteiger partial charge in [-0.1, -0.05) is 6.92 Å². The molecule has 0 aliphatic carbocycles. The number of anilines is 1. The zero-order valence-corrected chi connectivity index (χ0v) is 13.7. The molecular weight excluding hydrogens is 348 g/mol. The van der Waals surface area contributed by atoms with Crippen LogP contribution in [0.3, 0.4) is 0 Å². The van der Waals surface area contributed by atoms with Crippen LogP contribution in [0.4, 0.5) is 5.82 Å². The molecule has 0 aliphatic heterocycles. The first-order valence-electron chi connectivity index (χ1n) is 5.66. The summed E-state index contributed by atoms with van der Waals surface area (Å²) in [6, 6.07) is 5.28. The second-order valence-electron chi connectivity index (χ2n) is 4.00. The van der Waals surface area contributed by atoms with E-state index in [9.17, 15) is 8.42 Å².